The van der Waals surface area contributed by atoms with E-state index in [2.05, 4.69) is 29.3 Å². The number of carbonyl (C=O) groups is 1. The molecule has 0 aromatic carbocycles. The Kier molecular flexibility index (Phi) is 3.14. The minimum Gasteiger partial charge on any atom is -0.340 e. The molecule has 0 saturated heterocycles. The number of hydrogen-bond acceptors (Lipinski definition) is 3. The zero-order valence-electron chi connectivity index (χ0n) is 11.1. The first kappa shape index (κ1) is 12.4. The van der Waals surface area contributed by atoms with Crippen molar-refractivity contribution >= 4 is 17.2 Å². The zero-order valence-corrected chi connectivity index (χ0v) is 12.0. The fourth-order valence-electron chi connectivity index (χ4n) is 2.10. The van der Waals surface area contributed by atoms with Crippen LogP contribution in [-0.4, -0.2) is 34.6 Å². The van der Waals surface area contributed by atoms with Crippen molar-refractivity contribution in [1.29, 1.82) is 0 Å². The molecule has 0 radical (unpaired) electrons. The molecule has 100 valence electrons. The topological polar surface area (TPSA) is 49.0 Å². The molecule has 1 fully saturated rings. The molecule has 3 rings (SSSR count). The number of amides is 1. The second-order valence-electron chi connectivity index (χ2n) is 5.21. The molecule has 1 saturated carbocycles. The number of rotatable bonds is 4. The molecule has 0 bridgehead atoms. The van der Waals surface area contributed by atoms with E-state index in [1.54, 1.807) is 16.2 Å². The van der Waals surface area contributed by atoms with E-state index < -0.39 is 0 Å². The summed E-state index contributed by atoms with van der Waals surface area (Å²) in [6.45, 7) is 2.92. The van der Waals surface area contributed by atoms with E-state index in [0.717, 1.165) is 17.1 Å². The SMILES string of the molecule is Cc1ccc(-c2cc(C(=O)N(C)CC3CC3)n[nH]2)s1. The highest BCUT2D eigenvalue weighted by molar-refractivity contribution is 7.15. The molecule has 0 atom stereocenters. The van der Waals surface area contributed by atoms with E-state index in [4.69, 9.17) is 0 Å². The van der Waals surface area contributed by atoms with Crippen molar-refractivity contribution in [2.75, 3.05) is 13.6 Å². The van der Waals surface area contributed by atoms with E-state index in [9.17, 15) is 4.79 Å². The highest BCUT2D eigenvalue weighted by Crippen LogP contribution is 2.30. The summed E-state index contributed by atoms with van der Waals surface area (Å²) in [6.07, 6.45) is 2.50. The van der Waals surface area contributed by atoms with Crippen LogP contribution in [0.5, 0.6) is 0 Å². The minimum absolute atomic E-state index is 0.00248. The Morgan fingerprint density at radius 1 is 1.53 bits per heavy atom. The molecule has 1 aliphatic carbocycles. The molecule has 1 amide bonds. The summed E-state index contributed by atoms with van der Waals surface area (Å²) in [4.78, 5) is 16.4. The lowest BCUT2D eigenvalue weighted by atomic mass is 10.3. The third kappa shape index (κ3) is 2.71. The summed E-state index contributed by atoms with van der Waals surface area (Å²) in [6, 6.07) is 5.97. The Morgan fingerprint density at radius 2 is 2.32 bits per heavy atom. The Balaban J connectivity index is 1.74. The van der Waals surface area contributed by atoms with Crippen LogP contribution in [0.1, 0.15) is 28.2 Å². The van der Waals surface area contributed by atoms with Gasteiger partial charge in [-0.3, -0.25) is 9.89 Å². The lowest BCUT2D eigenvalue weighted by Crippen LogP contribution is -2.28. The van der Waals surface area contributed by atoms with Gasteiger partial charge in [-0.25, -0.2) is 0 Å². The van der Waals surface area contributed by atoms with Crippen LogP contribution in [0.25, 0.3) is 10.6 Å². The van der Waals surface area contributed by atoms with E-state index in [1.165, 1.54) is 17.7 Å². The molecule has 4 nitrogen and oxygen atoms in total. The van der Waals surface area contributed by atoms with Gasteiger partial charge in [-0.1, -0.05) is 0 Å². The lowest BCUT2D eigenvalue weighted by molar-refractivity contribution is 0.0783. The van der Waals surface area contributed by atoms with Gasteiger partial charge in [0.2, 0.25) is 0 Å². The summed E-state index contributed by atoms with van der Waals surface area (Å²) >= 11 is 1.70. The highest BCUT2D eigenvalue weighted by Gasteiger charge is 2.26. The van der Waals surface area contributed by atoms with Gasteiger partial charge in [0.25, 0.3) is 5.91 Å². The summed E-state index contributed by atoms with van der Waals surface area (Å²) in [5, 5.41) is 7.09. The molecule has 2 aromatic heterocycles. The van der Waals surface area contributed by atoms with Crippen LogP contribution in [0.15, 0.2) is 18.2 Å². The van der Waals surface area contributed by atoms with Crippen LogP contribution < -0.4 is 0 Å². The van der Waals surface area contributed by atoms with Crippen molar-refractivity contribution in [2.24, 2.45) is 5.92 Å². The predicted molar refractivity (Wildman–Crippen MR) is 76.3 cm³/mol. The van der Waals surface area contributed by atoms with Crippen LogP contribution in [0.4, 0.5) is 0 Å². The number of hydrogen-bond donors (Lipinski definition) is 1. The van der Waals surface area contributed by atoms with Crippen LogP contribution >= 0.6 is 11.3 Å². The van der Waals surface area contributed by atoms with Crippen LogP contribution in [0.2, 0.25) is 0 Å². The average molecular weight is 275 g/mol. The van der Waals surface area contributed by atoms with Crippen LogP contribution in [0, 0.1) is 12.8 Å². The van der Waals surface area contributed by atoms with Gasteiger partial charge in [0.1, 0.15) is 0 Å². The fourth-order valence-corrected chi connectivity index (χ4v) is 2.94. The van der Waals surface area contributed by atoms with E-state index in [1.807, 2.05) is 13.1 Å². The number of nitrogens with zero attached hydrogens (tertiary/aromatic N) is 2. The molecular formula is C14H17N3OS. The first-order chi connectivity index (χ1) is 9.13. The predicted octanol–water partition coefficient (Wildman–Crippen LogP) is 2.93. The molecule has 0 aliphatic heterocycles. The first-order valence-corrected chi connectivity index (χ1v) is 7.33. The highest BCUT2D eigenvalue weighted by atomic mass is 32.1. The molecular weight excluding hydrogens is 258 g/mol. The smallest absolute Gasteiger partial charge is 0.274 e. The second kappa shape index (κ2) is 4.81. The van der Waals surface area contributed by atoms with Gasteiger partial charge in [0.05, 0.1) is 10.6 Å². The molecule has 2 aromatic rings. The van der Waals surface area contributed by atoms with E-state index in [0.29, 0.717) is 11.6 Å². The number of carbonyl (C=O) groups excluding carboxylic acids is 1. The third-order valence-electron chi connectivity index (χ3n) is 3.38. The van der Waals surface area contributed by atoms with Gasteiger partial charge < -0.3 is 4.90 Å². The summed E-state index contributed by atoms with van der Waals surface area (Å²) in [7, 11) is 1.85. The average Bonchev–Trinajstić information content (AvgIpc) is 2.91. The molecule has 19 heavy (non-hydrogen) atoms. The van der Waals surface area contributed by atoms with Crippen molar-refractivity contribution in [2.45, 2.75) is 19.8 Å². The summed E-state index contributed by atoms with van der Waals surface area (Å²) in [5.41, 5.74) is 1.42. The molecule has 0 unspecified atom stereocenters. The number of nitrogens with one attached hydrogen (secondary N) is 1. The van der Waals surface area contributed by atoms with Crippen molar-refractivity contribution in [3.63, 3.8) is 0 Å². The maximum Gasteiger partial charge on any atom is 0.274 e. The summed E-state index contributed by atoms with van der Waals surface area (Å²) < 4.78 is 0. The van der Waals surface area contributed by atoms with Gasteiger partial charge in [0, 0.05) is 18.5 Å². The van der Waals surface area contributed by atoms with Crippen LogP contribution in [-0.2, 0) is 0 Å². The van der Waals surface area contributed by atoms with Gasteiger partial charge in [0.15, 0.2) is 5.69 Å². The van der Waals surface area contributed by atoms with Gasteiger partial charge in [-0.05, 0) is 43.9 Å². The molecule has 1 N–H and O–H groups in total. The quantitative estimate of drug-likeness (QED) is 0.932. The molecule has 5 heteroatoms. The lowest BCUT2D eigenvalue weighted by Gasteiger charge is -2.14. The monoisotopic (exact) mass is 275 g/mol. The Morgan fingerprint density at radius 3 is 2.95 bits per heavy atom. The Bertz CT molecular complexity index is 597. The largest absolute Gasteiger partial charge is 0.340 e. The van der Waals surface area contributed by atoms with Crippen molar-refractivity contribution < 1.29 is 4.79 Å². The second-order valence-corrected chi connectivity index (χ2v) is 6.49. The van der Waals surface area contributed by atoms with Gasteiger partial charge in [-0.15, -0.1) is 11.3 Å². The van der Waals surface area contributed by atoms with Gasteiger partial charge in [-0.2, -0.15) is 5.10 Å². The first-order valence-electron chi connectivity index (χ1n) is 6.51. The number of H-pyrrole nitrogens is 1. The summed E-state index contributed by atoms with van der Waals surface area (Å²) in [5.74, 6) is 0.704. The Labute approximate surface area is 116 Å². The van der Waals surface area contributed by atoms with Gasteiger partial charge >= 0.3 is 0 Å². The van der Waals surface area contributed by atoms with Crippen molar-refractivity contribution in [3.05, 3.63) is 28.8 Å². The fraction of sp³-hybridized carbons (Fsp3) is 0.429. The number of aromatic amines is 1. The minimum atomic E-state index is 0.00248. The molecule has 0 spiro atoms. The van der Waals surface area contributed by atoms with Crippen molar-refractivity contribution in [1.82, 2.24) is 15.1 Å². The van der Waals surface area contributed by atoms with Crippen LogP contribution in [0.3, 0.4) is 0 Å². The number of thiophene rings is 1. The Hall–Kier alpha value is -1.62. The zero-order chi connectivity index (χ0) is 13.4. The molecule has 2 heterocycles. The number of aryl methyl sites for hydroxylation is 1. The van der Waals surface area contributed by atoms with E-state index >= 15 is 0 Å². The normalized spacial score (nSPS) is 14.6. The van der Waals surface area contributed by atoms with Crippen molar-refractivity contribution in [3.8, 4) is 10.6 Å². The third-order valence-corrected chi connectivity index (χ3v) is 4.41. The standard InChI is InChI=1S/C14H17N3OS/c1-9-3-6-13(19-9)11-7-12(16-15-11)14(18)17(2)8-10-4-5-10/h3,6-7,10H,4-5,8H2,1-2H3,(H,15,16). The number of aromatic nitrogens is 2. The maximum atomic E-state index is 12.2. The molecule has 1 aliphatic rings. The van der Waals surface area contributed by atoms with E-state index in [-0.39, 0.29) is 5.91 Å². The maximum absolute atomic E-state index is 12.2.